The van der Waals surface area contributed by atoms with Crippen molar-refractivity contribution >= 4 is 44.9 Å². The van der Waals surface area contributed by atoms with Crippen molar-refractivity contribution in [2.75, 3.05) is 24.5 Å². The summed E-state index contributed by atoms with van der Waals surface area (Å²) in [4.78, 5) is 15.4. The maximum Gasteiger partial charge on any atom is 0.303 e. The van der Waals surface area contributed by atoms with Gasteiger partial charge in [0.1, 0.15) is 0 Å². The van der Waals surface area contributed by atoms with Crippen molar-refractivity contribution in [3.05, 3.63) is 64.1 Å². The van der Waals surface area contributed by atoms with Gasteiger partial charge < -0.3 is 15.7 Å². The molecule has 5 nitrogen and oxygen atoms in total. The van der Waals surface area contributed by atoms with Crippen molar-refractivity contribution in [3.8, 4) is 0 Å². The number of benzene rings is 2. The lowest BCUT2D eigenvalue weighted by molar-refractivity contribution is -0.137. The van der Waals surface area contributed by atoms with Crippen molar-refractivity contribution in [1.29, 1.82) is 0 Å². The van der Waals surface area contributed by atoms with Crippen LogP contribution >= 0.6 is 28.1 Å². The number of halogens is 1. The van der Waals surface area contributed by atoms with Gasteiger partial charge in [-0.25, -0.2) is 0 Å². The maximum absolute atomic E-state index is 11.0. The SMILES string of the molecule is NC(=S)N(CCCN(CCCC(=O)O)[C@@H]1CCc2ccccc21)c1ccc(Br)cc1. The average Bonchev–Trinajstić information content (AvgIpc) is 3.14. The first-order valence-corrected chi connectivity index (χ1v) is 11.5. The molecule has 0 amide bonds. The van der Waals surface area contributed by atoms with Crippen molar-refractivity contribution < 1.29 is 9.90 Å². The minimum Gasteiger partial charge on any atom is -0.481 e. The quantitative estimate of drug-likeness (QED) is 0.469. The number of carboxylic acids is 1. The van der Waals surface area contributed by atoms with E-state index in [1.807, 2.05) is 29.2 Å². The Morgan fingerprint density at radius 1 is 1.10 bits per heavy atom. The van der Waals surface area contributed by atoms with E-state index in [2.05, 4.69) is 45.1 Å². The van der Waals surface area contributed by atoms with Gasteiger partial charge in [-0.05, 0) is 79.8 Å². The van der Waals surface area contributed by atoms with Gasteiger partial charge in [0.05, 0.1) is 0 Å². The number of carbonyl (C=O) groups is 1. The van der Waals surface area contributed by atoms with Gasteiger partial charge in [0, 0.05) is 35.7 Å². The molecule has 0 spiro atoms. The average molecular weight is 490 g/mol. The molecule has 2 aromatic rings. The molecule has 1 atom stereocenters. The highest BCUT2D eigenvalue weighted by molar-refractivity contribution is 9.10. The summed E-state index contributed by atoms with van der Waals surface area (Å²) >= 11 is 8.74. The summed E-state index contributed by atoms with van der Waals surface area (Å²) in [6, 6.07) is 16.9. The van der Waals surface area contributed by atoms with E-state index in [1.165, 1.54) is 11.1 Å². The van der Waals surface area contributed by atoms with Crippen LogP contribution in [0.4, 0.5) is 5.69 Å². The predicted molar refractivity (Wildman–Crippen MR) is 129 cm³/mol. The van der Waals surface area contributed by atoms with Crippen molar-refractivity contribution in [2.24, 2.45) is 5.73 Å². The molecule has 0 saturated carbocycles. The number of aryl methyl sites for hydroxylation is 1. The second-order valence-corrected chi connectivity index (χ2v) is 8.94. The summed E-state index contributed by atoms with van der Waals surface area (Å²) < 4.78 is 1.01. The molecule has 0 heterocycles. The highest BCUT2D eigenvalue weighted by Gasteiger charge is 2.27. The zero-order valence-electron chi connectivity index (χ0n) is 17.0. The first-order valence-electron chi connectivity index (χ1n) is 10.3. The highest BCUT2D eigenvalue weighted by Crippen LogP contribution is 2.35. The molecular weight excluding hydrogens is 462 g/mol. The molecule has 3 rings (SSSR count). The van der Waals surface area contributed by atoms with Gasteiger partial charge in [-0.1, -0.05) is 40.2 Å². The summed E-state index contributed by atoms with van der Waals surface area (Å²) in [6.45, 7) is 2.37. The topological polar surface area (TPSA) is 69.8 Å². The molecule has 0 fully saturated rings. The Kier molecular flexibility index (Phi) is 8.24. The lowest BCUT2D eigenvalue weighted by atomic mass is 10.1. The molecule has 1 aliphatic carbocycles. The lowest BCUT2D eigenvalue weighted by Gasteiger charge is -2.31. The van der Waals surface area contributed by atoms with Crippen LogP contribution in [0.25, 0.3) is 0 Å². The highest BCUT2D eigenvalue weighted by atomic mass is 79.9. The van der Waals surface area contributed by atoms with Crippen LogP contribution < -0.4 is 10.6 Å². The van der Waals surface area contributed by atoms with E-state index in [0.717, 1.165) is 49.1 Å². The molecule has 3 N–H and O–H groups in total. The van der Waals surface area contributed by atoms with Crippen molar-refractivity contribution in [1.82, 2.24) is 4.90 Å². The van der Waals surface area contributed by atoms with Gasteiger partial charge in [0.25, 0.3) is 0 Å². The van der Waals surface area contributed by atoms with Gasteiger partial charge in [-0.2, -0.15) is 0 Å². The van der Waals surface area contributed by atoms with Crippen LogP contribution in [0, 0.1) is 0 Å². The van der Waals surface area contributed by atoms with Crippen LogP contribution in [-0.2, 0) is 11.2 Å². The van der Waals surface area contributed by atoms with Crippen LogP contribution in [0.2, 0.25) is 0 Å². The van der Waals surface area contributed by atoms with E-state index in [0.29, 0.717) is 17.6 Å². The number of rotatable bonds is 10. The second-order valence-electron chi connectivity index (χ2n) is 7.61. The van der Waals surface area contributed by atoms with Crippen LogP contribution in [0.15, 0.2) is 53.0 Å². The van der Waals surface area contributed by atoms with Gasteiger partial charge in [0.15, 0.2) is 5.11 Å². The zero-order chi connectivity index (χ0) is 21.5. The summed E-state index contributed by atoms with van der Waals surface area (Å²) in [5, 5.41) is 9.41. The van der Waals surface area contributed by atoms with Gasteiger partial charge >= 0.3 is 5.97 Å². The molecule has 0 radical (unpaired) electrons. The zero-order valence-corrected chi connectivity index (χ0v) is 19.4. The second kappa shape index (κ2) is 10.9. The van der Waals surface area contributed by atoms with E-state index >= 15 is 0 Å². The number of nitrogens with zero attached hydrogens (tertiary/aromatic N) is 2. The normalized spacial score (nSPS) is 15.2. The van der Waals surface area contributed by atoms with Gasteiger partial charge in [0.2, 0.25) is 0 Å². The Bertz CT molecular complexity index is 875. The molecule has 2 aromatic carbocycles. The number of hydrogen-bond donors (Lipinski definition) is 2. The van der Waals surface area contributed by atoms with Gasteiger partial charge in [-0.15, -0.1) is 0 Å². The van der Waals surface area contributed by atoms with E-state index in [9.17, 15) is 4.79 Å². The number of thiocarbonyl (C=S) groups is 1. The Balaban J connectivity index is 1.66. The Labute approximate surface area is 192 Å². The van der Waals surface area contributed by atoms with Crippen molar-refractivity contribution in [2.45, 2.75) is 38.1 Å². The summed E-state index contributed by atoms with van der Waals surface area (Å²) in [7, 11) is 0. The number of fused-ring (bicyclic) bond motifs is 1. The van der Waals surface area contributed by atoms with E-state index in [4.69, 9.17) is 23.1 Å². The molecule has 0 aliphatic heterocycles. The molecule has 0 saturated heterocycles. The number of carboxylic acid groups (broad SMARTS) is 1. The van der Waals surface area contributed by atoms with E-state index in [-0.39, 0.29) is 6.42 Å². The third kappa shape index (κ3) is 6.03. The molecule has 0 aromatic heterocycles. The third-order valence-corrected chi connectivity index (χ3v) is 6.36. The molecule has 160 valence electrons. The van der Waals surface area contributed by atoms with E-state index in [1.54, 1.807) is 0 Å². The summed E-state index contributed by atoms with van der Waals surface area (Å²) in [5.41, 5.74) is 9.76. The predicted octanol–water partition coefficient (Wildman–Crippen LogP) is 4.74. The van der Waals surface area contributed by atoms with Crippen molar-refractivity contribution in [3.63, 3.8) is 0 Å². The number of nitrogens with two attached hydrogens (primary N) is 1. The minimum absolute atomic E-state index is 0.197. The van der Waals surface area contributed by atoms with Crippen LogP contribution in [0.5, 0.6) is 0 Å². The Morgan fingerprint density at radius 2 is 1.80 bits per heavy atom. The van der Waals surface area contributed by atoms with E-state index < -0.39 is 5.97 Å². The molecule has 0 bridgehead atoms. The fraction of sp³-hybridized carbons (Fsp3) is 0.391. The summed E-state index contributed by atoms with van der Waals surface area (Å²) in [5.74, 6) is -0.739. The largest absolute Gasteiger partial charge is 0.481 e. The first-order chi connectivity index (χ1) is 14.5. The fourth-order valence-corrected chi connectivity index (χ4v) is 4.65. The molecular formula is C23H28BrN3O2S. The number of aliphatic carboxylic acids is 1. The summed E-state index contributed by atoms with van der Waals surface area (Å²) in [6.07, 6.45) is 3.90. The van der Waals surface area contributed by atoms with Crippen LogP contribution in [-0.4, -0.2) is 40.7 Å². The van der Waals surface area contributed by atoms with Crippen LogP contribution in [0.1, 0.15) is 42.9 Å². The minimum atomic E-state index is -0.739. The molecule has 1 aliphatic rings. The third-order valence-electron chi connectivity index (χ3n) is 5.61. The Morgan fingerprint density at radius 3 is 2.50 bits per heavy atom. The number of anilines is 1. The monoisotopic (exact) mass is 489 g/mol. The molecule has 7 heteroatoms. The molecule has 30 heavy (non-hydrogen) atoms. The van der Waals surface area contributed by atoms with Crippen LogP contribution in [0.3, 0.4) is 0 Å². The first kappa shape index (κ1) is 22.7. The smallest absolute Gasteiger partial charge is 0.303 e. The molecule has 0 unspecified atom stereocenters. The number of hydrogen-bond acceptors (Lipinski definition) is 3. The lowest BCUT2D eigenvalue weighted by Crippen LogP contribution is -2.38. The maximum atomic E-state index is 11.0. The Hall–Kier alpha value is -1.96. The standard InChI is InChI=1S/C23H28BrN3O2S/c24-18-9-11-19(12-10-18)27(23(25)30)16-4-15-26(14-3-7-22(28)29)21-13-8-17-5-1-2-6-20(17)21/h1-2,5-6,9-12,21H,3-4,7-8,13-16H2,(H2,25,30)(H,28,29)/t21-/m1/s1. The fourth-order valence-electron chi connectivity index (χ4n) is 4.19. The van der Waals surface area contributed by atoms with Gasteiger partial charge in [-0.3, -0.25) is 9.69 Å².